The molecule has 188 valence electrons. The molecule has 3 heterocycles. The van der Waals surface area contributed by atoms with Crippen molar-refractivity contribution in [3.8, 4) is 28.3 Å². The number of benzene rings is 1. The monoisotopic (exact) mass is 542 g/mol. The van der Waals surface area contributed by atoms with Crippen molar-refractivity contribution in [1.29, 1.82) is 0 Å². The average Bonchev–Trinajstić information content (AvgIpc) is 3.61. The highest BCUT2D eigenvalue weighted by Gasteiger charge is 2.23. The van der Waals surface area contributed by atoms with Gasteiger partial charge in [-0.1, -0.05) is 30.8 Å². The molecule has 0 radical (unpaired) electrons. The van der Waals surface area contributed by atoms with Crippen molar-refractivity contribution in [3.63, 3.8) is 0 Å². The van der Waals surface area contributed by atoms with Gasteiger partial charge in [-0.3, -0.25) is 4.79 Å². The van der Waals surface area contributed by atoms with Crippen LogP contribution in [-0.2, 0) is 16.1 Å². The van der Waals surface area contributed by atoms with E-state index >= 15 is 0 Å². The summed E-state index contributed by atoms with van der Waals surface area (Å²) in [6, 6.07) is 9.46. The number of carbonyl (C=O) groups excluding carboxylic acids is 2. The van der Waals surface area contributed by atoms with Crippen molar-refractivity contribution in [1.82, 2.24) is 14.8 Å². The van der Waals surface area contributed by atoms with Crippen LogP contribution in [-0.4, -0.2) is 46.6 Å². The quantitative estimate of drug-likeness (QED) is 0.195. The normalized spacial score (nSPS) is 10.9. The fourth-order valence-electron chi connectivity index (χ4n) is 3.63. The van der Waals surface area contributed by atoms with Gasteiger partial charge in [-0.05, 0) is 37.1 Å². The topological polar surface area (TPSA) is 95.3 Å². The van der Waals surface area contributed by atoms with E-state index < -0.39 is 5.97 Å². The van der Waals surface area contributed by atoms with E-state index in [9.17, 15) is 9.59 Å². The molecule has 1 aromatic carbocycles. The van der Waals surface area contributed by atoms with Crippen LogP contribution in [0.4, 0.5) is 5.00 Å². The third-order valence-electron chi connectivity index (χ3n) is 5.32. The van der Waals surface area contributed by atoms with Gasteiger partial charge in [0, 0.05) is 33.3 Å². The molecule has 4 rings (SSSR count). The van der Waals surface area contributed by atoms with Crippen molar-refractivity contribution in [2.75, 3.05) is 25.3 Å². The molecule has 0 bridgehead atoms. The van der Waals surface area contributed by atoms with Crippen molar-refractivity contribution in [3.05, 3.63) is 51.5 Å². The van der Waals surface area contributed by atoms with Gasteiger partial charge in [0.15, 0.2) is 11.0 Å². The first-order chi connectivity index (χ1) is 17.4. The first kappa shape index (κ1) is 25.9. The molecule has 11 heteroatoms. The Labute approximate surface area is 221 Å². The van der Waals surface area contributed by atoms with Gasteiger partial charge in [0.1, 0.15) is 16.3 Å². The molecule has 4 aromatic rings. The predicted octanol–water partition coefficient (Wildman–Crippen LogP) is 5.98. The van der Waals surface area contributed by atoms with Crippen molar-refractivity contribution >= 4 is 51.3 Å². The van der Waals surface area contributed by atoms with E-state index in [1.807, 2.05) is 34.2 Å². The van der Waals surface area contributed by atoms with Crippen LogP contribution in [0.2, 0.25) is 0 Å². The van der Waals surface area contributed by atoms with Crippen LogP contribution < -0.4 is 10.1 Å². The zero-order chi connectivity index (χ0) is 25.7. The first-order valence-corrected chi connectivity index (χ1v) is 13.9. The fourth-order valence-corrected chi connectivity index (χ4v) is 6.04. The number of esters is 1. The molecule has 8 nitrogen and oxygen atoms in total. The number of ether oxygens (including phenoxy) is 2. The summed E-state index contributed by atoms with van der Waals surface area (Å²) in [6.45, 7) is 4.90. The number of aryl methyl sites for hydroxylation is 1. The Kier molecular flexibility index (Phi) is 8.44. The SMILES string of the molecule is CCCn1c(SCC(=O)Nc2scc(-c3ccc(OC)cc3)c2C(=O)OC)nnc1-c1csc(C)c1. The van der Waals surface area contributed by atoms with Gasteiger partial charge in [0.2, 0.25) is 5.91 Å². The maximum Gasteiger partial charge on any atom is 0.341 e. The summed E-state index contributed by atoms with van der Waals surface area (Å²) in [5.74, 6) is 0.892. The van der Waals surface area contributed by atoms with Gasteiger partial charge in [0.25, 0.3) is 0 Å². The minimum Gasteiger partial charge on any atom is -0.497 e. The molecule has 1 amide bonds. The van der Waals surface area contributed by atoms with Crippen LogP contribution in [0.3, 0.4) is 0 Å². The second kappa shape index (κ2) is 11.7. The molecule has 0 saturated carbocycles. The number of hydrogen-bond donors (Lipinski definition) is 1. The number of nitrogens with zero attached hydrogens (tertiary/aromatic N) is 3. The molecule has 0 spiro atoms. The van der Waals surface area contributed by atoms with E-state index in [1.54, 1.807) is 18.4 Å². The summed E-state index contributed by atoms with van der Waals surface area (Å²) in [5, 5.41) is 16.6. The van der Waals surface area contributed by atoms with Crippen LogP contribution in [0.1, 0.15) is 28.6 Å². The Balaban J connectivity index is 1.51. The van der Waals surface area contributed by atoms with Gasteiger partial charge in [-0.25, -0.2) is 4.79 Å². The minimum atomic E-state index is -0.511. The summed E-state index contributed by atoms with van der Waals surface area (Å²) >= 11 is 4.27. The molecule has 3 aromatic heterocycles. The molecule has 0 aliphatic heterocycles. The highest BCUT2D eigenvalue weighted by Crippen LogP contribution is 2.37. The maximum absolute atomic E-state index is 12.9. The molecule has 1 N–H and O–H groups in total. The number of nitrogens with one attached hydrogen (secondary N) is 1. The zero-order valence-electron chi connectivity index (χ0n) is 20.4. The van der Waals surface area contributed by atoms with Crippen molar-refractivity contribution < 1.29 is 19.1 Å². The highest BCUT2D eigenvalue weighted by molar-refractivity contribution is 7.99. The lowest BCUT2D eigenvalue weighted by Gasteiger charge is -2.09. The number of rotatable bonds is 10. The van der Waals surface area contributed by atoms with E-state index in [1.165, 1.54) is 35.1 Å². The molecule has 0 aliphatic rings. The van der Waals surface area contributed by atoms with E-state index in [0.29, 0.717) is 27.0 Å². The predicted molar refractivity (Wildman–Crippen MR) is 145 cm³/mol. The van der Waals surface area contributed by atoms with Crippen LogP contribution in [0, 0.1) is 6.92 Å². The Hall–Kier alpha value is -3.15. The van der Waals surface area contributed by atoms with Gasteiger partial charge in [-0.2, -0.15) is 0 Å². The number of amides is 1. The number of thioether (sulfide) groups is 1. The highest BCUT2D eigenvalue weighted by atomic mass is 32.2. The van der Waals surface area contributed by atoms with E-state index in [0.717, 1.165) is 29.9 Å². The molecule has 0 fully saturated rings. The Morgan fingerprint density at radius 2 is 1.86 bits per heavy atom. The number of hydrogen-bond acceptors (Lipinski definition) is 9. The largest absolute Gasteiger partial charge is 0.497 e. The van der Waals surface area contributed by atoms with Gasteiger partial charge >= 0.3 is 5.97 Å². The minimum absolute atomic E-state index is 0.126. The van der Waals surface area contributed by atoms with Crippen LogP contribution in [0.15, 0.2) is 46.2 Å². The second-order valence-electron chi connectivity index (χ2n) is 7.81. The van der Waals surface area contributed by atoms with Crippen LogP contribution in [0.25, 0.3) is 22.5 Å². The summed E-state index contributed by atoms with van der Waals surface area (Å²) in [6.07, 6.45) is 0.916. The summed E-state index contributed by atoms with van der Waals surface area (Å²) < 4.78 is 12.3. The lowest BCUT2D eigenvalue weighted by atomic mass is 10.0. The molecule has 0 aliphatic carbocycles. The van der Waals surface area contributed by atoms with Gasteiger partial charge in [0.05, 0.1) is 20.0 Å². The van der Waals surface area contributed by atoms with E-state index in [4.69, 9.17) is 9.47 Å². The maximum atomic E-state index is 12.9. The van der Waals surface area contributed by atoms with Gasteiger partial charge < -0.3 is 19.4 Å². The second-order valence-corrected chi connectivity index (χ2v) is 10.8. The zero-order valence-corrected chi connectivity index (χ0v) is 22.8. The smallest absolute Gasteiger partial charge is 0.341 e. The molecule has 0 atom stereocenters. The van der Waals surface area contributed by atoms with Crippen molar-refractivity contribution in [2.24, 2.45) is 0 Å². The molecule has 36 heavy (non-hydrogen) atoms. The van der Waals surface area contributed by atoms with Crippen molar-refractivity contribution in [2.45, 2.75) is 32.0 Å². The molecule has 0 unspecified atom stereocenters. The van der Waals surface area contributed by atoms with E-state index in [2.05, 4.69) is 40.8 Å². The lowest BCUT2D eigenvalue weighted by molar-refractivity contribution is -0.113. The third kappa shape index (κ3) is 5.63. The van der Waals surface area contributed by atoms with E-state index in [-0.39, 0.29) is 11.7 Å². The number of anilines is 1. The first-order valence-electron chi connectivity index (χ1n) is 11.2. The third-order valence-corrected chi connectivity index (χ3v) is 8.04. The number of methoxy groups -OCH3 is 2. The van der Waals surface area contributed by atoms with Gasteiger partial charge in [-0.15, -0.1) is 32.9 Å². The summed E-state index contributed by atoms with van der Waals surface area (Å²) in [7, 11) is 2.92. The average molecular weight is 543 g/mol. The number of thiophene rings is 2. The Bertz CT molecular complexity index is 1360. The lowest BCUT2D eigenvalue weighted by Crippen LogP contribution is -2.16. The van der Waals surface area contributed by atoms with Crippen LogP contribution in [0.5, 0.6) is 5.75 Å². The Morgan fingerprint density at radius 1 is 1.08 bits per heavy atom. The molecular formula is C25H26N4O4S3. The fraction of sp³-hybridized carbons (Fsp3) is 0.280. The molecular weight excluding hydrogens is 517 g/mol. The molecule has 0 saturated heterocycles. The number of carbonyl (C=O) groups is 2. The summed E-state index contributed by atoms with van der Waals surface area (Å²) in [4.78, 5) is 26.7. The summed E-state index contributed by atoms with van der Waals surface area (Å²) in [5.41, 5.74) is 2.87. The van der Waals surface area contributed by atoms with Crippen LogP contribution >= 0.6 is 34.4 Å². The number of aromatic nitrogens is 3. The standard InChI is InChI=1S/C25H26N4O4S3/c1-5-10-29-22(17-11-15(2)34-12-17)27-28-25(29)36-14-20(30)26-23-21(24(31)33-4)19(13-35-23)16-6-8-18(32-3)9-7-16/h6-9,11-13H,5,10,14H2,1-4H3,(H,26,30). The Morgan fingerprint density at radius 3 is 2.50 bits per heavy atom.